The second-order valence-electron chi connectivity index (χ2n) is 10.2. The van der Waals surface area contributed by atoms with E-state index in [1.807, 2.05) is 46.9 Å². The third-order valence-electron chi connectivity index (χ3n) is 6.27. The van der Waals surface area contributed by atoms with Crippen LogP contribution in [0.15, 0.2) is 47.7 Å². The van der Waals surface area contributed by atoms with Gasteiger partial charge in [-0.1, -0.05) is 33.3 Å². The molecule has 0 bridgehead atoms. The van der Waals surface area contributed by atoms with Gasteiger partial charge in [-0.25, -0.2) is 9.18 Å². The minimum Gasteiger partial charge on any atom is -0.487 e. The number of aromatic nitrogens is 2. The molecule has 0 aliphatic carbocycles. The predicted octanol–water partition coefficient (Wildman–Crippen LogP) is 6.81. The topological polar surface area (TPSA) is 73.7 Å². The van der Waals surface area contributed by atoms with Crippen LogP contribution in [0.25, 0.3) is 21.9 Å². The number of benzene rings is 1. The van der Waals surface area contributed by atoms with E-state index in [4.69, 9.17) is 9.47 Å². The fourth-order valence-corrected chi connectivity index (χ4v) is 4.39. The number of likely N-dealkylation sites (tertiary alicyclic amines) is 1. The second kappa shape index (κ2) is 12.9. The van der Waals surface area contributed by atoms with Gasteiger partial charge < -0.3 is 18.9 Å². The van der Waals surface area contributed by atoms with Crippen molar-refractivity contribution in [1.82, 2.24) is 14.5 Å². The van der Waals surface area contributed by atoms with Crippen LogP contribution in [0.1, 0.15) is 67.2 Å². The van der Waals surface area contributed by atoms with E-state index in [1.54, 1.807) is 34.0 Å². The van der Waals surface area contributed by atoms with Crippen LogP contribution in [0.2, 0.25) is 0 Å². The fraction of sp³-hybridized carbons (Fsp3) is 0.500. The smallest absolute Gasteiger partial charge is 0.410 e. The van der Waals surface area contributed by atoms with Crippen molar-refractivity contribution in [3.63, 3.8) is 0 Å². The lowest BCUT2D eigenvalue weighted by Crippen LogP contribution is -2.44. The van der Waals surface area contributed by atoms with Gasteiger partial charge in [0.25, 0.3) is 5.56 Å². The third kappa shape index (κ3) is 7.11. The summed E-state index contributed by atoms with van der Waals surface area (Å²) in [6.45, 7) is 13.2. The Morgan fingerprint density at radius 1 is 1.13 bits per heavy atom. The lowest BCUT2D eigenvalue weighted by Gasteiger charge is -2.33. The van der Waals surface area contributed by atoms with Crippen LogP contribution in [0.5, 0.6) is 5.75 Å². The van der Waals surface area contributed by atoms with Gasteiger partial charge in [0.1, 0.15) is 11.7 Å². The number of aryl methyl sites for hydroxylation is 1. The standard InChI is InChI=1S/C28H34FN3O4.C2H6/c1-5-6-13-32-18-23(21-9-12-30-17-22(21)26(32)33)19-7-8-25(24(29)16-19)35-20-10-14-31(15-11-20)27(34)36-28(2,3)4;1-2/h7-9,12,16-18,20H,5-6,10-11,13-15H2,1-4H3;1-2H3. The van der Waals surface area contributed by atoms with Crippen LogP contribution in [0, 0.1) is 5.82 Å². The van der Waals surface area contributed by atoms with Crippen LogP contribution in [0.4, 0.5) is 9.18 Å². The van der Waals surface area contributed by atoms with Gasteiger partial charge in [0.05, 0.1) is 5.39 Å². The molecule has 0 N–H and O–H groups in total. The molecule has 1 aromatic carbocycles. The number of carbonyl (C=O) groups excluding carboxylic acids is 1. The number of rotatable bonds is 6. The Morgan fingerprint density at radius 2 is 1.84 bits per heavy atom. The first-order valence-corrected chi connectivity index (χ1v) is 13.6. The molecule has 1 aliphatic rings. The van der Waals surface area contributed by atoms with Gasteiger partial charge in [0, 0.05) is 56.6 Å². The summed E-state index contributed by atoms with van der Waals surface area (Å²) in [5.41, 5.74) is 0.814. The van der Waals surface area contributed by atoms with E-state index in [2.05, 4.69) is 11.9 Å². The number of unbranched alkanes of at least 4 members (excludes halogenated alkanes) is 1. The summed E-state index contributed by atoms with van der Waals surface area (Å²) in [7, 11) is 0. The average Bonchev–Trinajstić information content (AvgIpc) is 2.90. The molecule has 8 heteroatoms. The minimum atomic E-state index is -0.541. The highest BCUT2D eigenvalue weighted by Gasteiger charge is 2.28. The van der Waals surface area contributed by atoms with Crippen molar-refractivity contribution in [3.05, 3.63) is 59.0 Å². The molecular formula is C30H40FN3O4. The highest BCUT2D eigenvalue weighted by molar-refractivity contribution is 5.95. The van der Waals surface area contributed by atoms with Crippen molar-refractivity contribution in [2.45, 2.75) is 85.5 Å². The number of fused-ring (bicyclic) bond motifs is 1. The molecule has 0 saturated carbocycles. The number of carbonyl (C=O) groups is 1. The Balaban J connectivity index is 0.00000195. The van der Waals surface area contributed by atoms with E-state index in [1.165, 1.54) is 6.07 Å². The first-order valence-electron chi connectivity index (χ1n) is 13.6. The van der Waals surface area contributed by atoms with Crippen LogP contribution in [-0.4, -0.2) is 45.3 Å². The molecule has 1 amide bonds. The zero-order valence-corrected chi connectivity index (χ0v) is 23.4. The van der Waals surface area contributed by atoms with E-state index in [9.17, 15) is 9.59 Å². The zero-order chi connectivity index (χ0) is 27.9. The SMILES string of the molecule is CC.CCCCn1cc(-c2ccc(OC3CCN(C(=O)OC(C)(C)C)CC3)c(F)c2)c2ccncc2c1=O. The minimum absolute atomic E-state index is 0.0894. The first kappa shape index (κ1) is 29.1. The van der Waals surface area contributed by atoms with Gasteiger partial charge in [-0.2, -0.15) is 0 Å². The van der Waals surface area contributed by atoms with Crippen molar-refractivity contribution in [1.29, 1.82) is 0 Å². The quantitative estimate of drug-likeness (QED) is 0.354. The number of nitrogens with zero attached hydrogens (tertiary/aromatic N) is 3. The van der Waals surface area contributed by atoms with Crippen LogP contribution < -0.4 is 10.3 Å². The van der Waals surface area contributed by atoms with E-state index in [0.29, 0.717) is 43.4 Å². The van der Waals surface area contributed by atoms with Gasteiger partial charge >= 0.3 is 6.09 Å². The van der Waals surface area contributed by atoms with Crippen molar-refractivity contribution < 1.29 is 18.7 Å². The van der Waals surface area contributed by atoms with Gasteiger partial charge in [0.2, 0.25) is 0 Å². The van der Waals surface area contributed by atoms with Crippen molar-refractivity contribution in [2.24, 2.45) is 0 Å². The molecular weight excluding hydrogens is 485 g/mol. The maximum Gasteiger partial charge on any atom is 0.410 e. The Bertz CT molecular complexity index is 1290. The Kier molecular flexibility index (Phi) is 9.89. The van der Waals surface area contributed by atoms with E-state index < -0.39 is 11.4 Å². The highest BCUT2D eigenvalue weighted by atomic mass is 19.1. The average molecular weight is 526 g/mol. The Labute approximate surface area is 224 Å². The summed E-state index contributed by atoms with van der Waals surface area (Å²) in [4.78, 5) is 31.0. The Morgan fingerprint density at radius 3 is 2.47 bits per heavy atom. The van der Waals surface area contributed by atoms with Gasteiger partial charge in [0.15, 0.2) is 11.6 Å². The number of ether oxygens (including phenoxy) is 2. The summed E-state index contributed by atoms with van der Waals surface area (Å²) >= 11 is 0. The number of hydrogen-bond acceptors (Lipinski definition) is 5. The predicted molar refractivity (Wildman–Crippen MR) is 149 cm³/mol. The summed E-state index contributed by atoms with van der Waals surface area (Å²) in [5.74, 6) is -0.282. The van der Waals surface area contributed by atoms with E-state index >= 15 is 4.39 Å². The molecule has 4 rings (SSSR count). The third-order valence-corrected chi connectivity index (χ3v) is 6.27. The summed E-state index contributed by atoms with van der Waals surface area (Å²) in [5, 5.41) is 1.26. The van der Waals surface area contributed by atoms with Crippen LogP contribution >= 0.6 is 0 Å². The molecule has 7 nitrogen and oxygen atoms in total. The summed E-state index contributed by atoms with van der Waals surface area (Å²) < 4.78 is 28.3. The van der Waals surface area contributed by atoms with Crippen LogP contribution in [0.3, 0.4) is 0 Å². The second-order valence-corrected chi connectivity index (χ2v) is 10.2. The van der Waals surface area contributed by atoms with Gasteiger partial charge in [-0.05, 0) is 56.3 Å². The van der Waals surface area contributed by atoms with Crippen LogP contribution in [-0.2, 0) is 11.3 Å². The molecule has 0 radical (unpaired) electrons. The van der Waals surface area contributed by atoms with Gasteiger partial charge in [-0.3, -0.25) is 9.78 Å². The molecule has 2 aromatic heterocycles. The molecule has 38 heavy (non-hydrogen) atoms. The monoisotopic (exact) mass is 525 g/mol. The maximum atomic E-state index is 15.2. The number of amides is 1. The molecule has 1 saturated heterocycles. The van der Waals surface area contributed by atoms with E-state index in [-0.39, 0.29) is 23.5 Å². The van der Waals surface area contributed by atoms with Crippen molar-refractivity contribution in [3.8, 4) is 16.9 Å². The molecule has 1 aliphatic heterocycles. The first-order chi connectivity index (χ1) is 18.2. The van der Waals surface area contributed by atoms with Crippen molar-refractivity contribution in [2.75, 3.05) is 13.1 Å². The molecule has 0 unspecified atom stereocenters. The number of pyridine rings is 2. The molecule has 1 fully saturated rings. The maximum absolute atomic E-state index is 15.2. The Hall–Kier alpha value is -3.42. The van der Waals surface area contributed by atoms with E-state index in [0.717, 1.165) is 23.8 Å². The van der Waals surface area contributed by atoms with Gasteiger partial charge in [-0.15, -0.1) is 0 Å². The number of piperidine rings is 1. The number of hydrogen-bond donors (Lipinski definition) is 0. The number of halogens is 1. The molecule has 3 heterocycles. The summed E-state index contributed by atoms with van der Waals surface area (Å²) in [6, 6.07) is 6.70. The zero-order valence-electron chi connectivity index (χ0n) is 23.4. The largest absolute Gasteiger partial charge is 0.487 e. The molecule has 3 aromatic rings. The van der Waals surface area contributed by atoms with Crippen molar-refractivity contribution >= 4 is 16.9 Å². The molecule has 0 spiro atoms. The molecule has 0 atom stereocenters. The normalized spacial score (nSPS) is 14.1. The molecule has 206 valence electrons. The fourth-order valence-electron chi connectivity index (χ4n) is 4.39. The highest BCUT2D eigenvalue weighted by Crippen LogP contribution is 2.31. The lowest BCUT2D eigenvalue weighted by molar-refractivity contribution is 0.0123. The lowest BCUT2D eigenvalue weighted by atomic mass is 10.0. The summed E-state index contributed by atoms with van der Waals surface area (Å²) in [6.07, 6.45) is 7.53.